The number of ether oxygens (including phenoxy) is 1. The molecule has 1 fully saturated rings. The van der Waals surface area contributed by atoms with Crippen molar-refractivity contribution in [2.75, 3.05) is 26.8 Å². The van der Waals surface area contributed by atoms with E-state index >= 15 is 0 Å². The zero-order valence-electron chi connectivity index (χ0n) is 14.0. The first kappa shape index (κ1) is 17.8. The summed E-state index contributed by atoms with van der Waals surface area (Å²) in [6.45, 7) is 2.19. The number of hydrogen-bond donors (Lipinski definition) is 2. The second-order valence-corrected chi connectivity index (χ2v) is 6.60. The van der Waals surface area contributed by atoms with Crippen molar-refractivity contribution in [3.8, 4) is 11.4 Å². The molecule has 0 aliphatic carbocycles. The molecule has 0 unspecified atom stereocenters. The van der Waals surface area contributed by atoms with Crippen molar-refractivity contribution in [3.05, 3.63) is 35.2 Å². The SMILES string of the molecule is COCC1(C(=O)NCc2nc(-c3cccc(Cl)c3)no2)CCNCC1. The Morgan fingerprint density at radius 2 is 2.24 bits per heavy atom. The Labute approximate surface area is 151 Å². The number of benzene rings is 1. The molecule has 1 aliphatic heterocycles. The summed E-state index contributed by atoms with van der Waals surface area (Å²) in [5.74, 6) is 0.753. The van der Waals surface area contributed by atoms with Gasteiger partial charge in [0.1, 0.15) is 0 Å². The second kappa shape index (κ2) is 7.95. The summed E-state index contributed by atoms with van der Waals surface area (Å²) in [4.78, 5) is 17.0. The van der Waals surface area contributed by atoms with E-state index < -0.39 is 5.41 Å². The van der Waals surface area contributed by atoms with Gasteiger partial charge in [-0.25, -0.2) is 0 Å². The van der Waals surface area contributed by atoms with Crippen molar-refractivity contribution in [1.82, 2.24) is 20.8 Å². The van der Waals surface area contributed by atoms with E-state index in [1.807, 2.05) is 12.1 Å². The van der Waals surface area contributed by atoms with Gasteiger partial charge in [-0.15, -0.1) is 0 Å². The lowest BCUT2D eigenvalue weighted by molar-refractivity contribution is -0.136. The Bertz CT molecular complexity index is 723. The summed E-state index contributed by atoms with van der Waals surface area (Å²) >= 11 is 5.98. The van der Waals surface area contributed by atoms with Crippen LogP contribution in [0, 0.1) is 5.41 Å². The van der Waals surface area contributed by atoms with Gasteiger partial charge in [0, 0.05) is 17.7 Å². The number of halogens is 1. The highest BCUT2D eigenvalue weighted by molar-refractivity contribution is 6.30. The van der Waals surface area contributed by atoms with Crippen LogP contribution in [-0.4, -0.2) is 42.9 Å². The third-order valence-corrected chi connectivity index (χ3v) is 4.65. The maximum atomic E-state index is 12.7. The minimum atomic E-state index is -0.504. The third kappa shape index (κ3) is 4.18. The average Bonchev–Trinajstić information content (AvgIpc) is 3.10. The van der Waals surface area contributed by atoms with E-state index in [0.717, 1.165) is 31.5 Å². The summed E-state index contributed by atoms with van der Waals surface area (Å²) < 4.78 is 10.5. The van der Waals surface area contributed by atoms with Crippen molar-refractivity contribution in [3.63, 3.8) is 0 Å². The van der Waals surface area contributed by atoms with Gasteiger partial charge < -0.3 is 19.9 Å². The molecule has 2 heterocycles. The number of piperidine rings is 1. The Hall–Kier alpha value is -1.96. The smallest absolute Gasteiger partial charge is 0.246 e. The first-order chi connectivity index (χ1) is 12.1. The Morgan fingerprint density at radius 1 is 1.44 bits per heavy atom. The van der Waals surface area contributed by atoms with Gasteiger partial charge in [0.15, 0.2) is 0 Å². The van der Waals surface area contributed by atoms with Gasteiger partial charge in [-0.05, 0) is 38.1 Å². The molecule has 0 saturated carbocycles. The first-order valence-corrected chi connectivity index (χ1v) is 8.57. The number of carbonyl (C=O) groups is 1. The van der Waals surface area contributed by atoms with Crippen molar-refractivity contribution in [2.45, 2.75) is 19.4 Å². The molecule has 1 aromatic carbocycles. The van der Waals surface area contributed by atoms with Crippen LogP contribution in [0.2, 0.25) is 5.02 Å². The van der Waals surface area contributed by atoms with Crippen molar-refractivity contribution in [1.29, 1.82) is 0 Å². The van der Waals surface area contributed by atoms with Crippen molar-refractivity contribution < 1.29 is 14.1 Å². The molecular formula is C17H21ClN4O3. The molecule has 0 bridgehead atoms. The van der Waals surface area contributed by atoms with Crippen molar-refractivity contribution >= 4 is 17.5 Å². The van der Waals surface area contributed by atoms with E-state index in [1.54, 1.807) is 19.2 Å². The van der Waals surface area contributed by atoms with E-state index in [0.29, 0.717) is 23.3 Å². The lowest BCUT2D eigenvalue weighted by Gasteiger charge is -2.35. The maximum Gasteiger partial charge on any atom is 0.246 e. The number of aromatic nitrogens is 2. The van der Waals surface area contributed by atoms with Crippen LogP contribution in [0.3, 0.4) is 0 Å². The molecule has 1 aliphatic rings. The number of hydrogen-bond acceptors (Lipinski definition) is 6. The van der Waals surface area contributed by atoms with E-state index in [1.165, 1.54) is 0 Å². The van der Waals surface area contributed by atoms with Crippen LogP contribution in [-0.2, 0) is 16.1 Å². The molecule has 0 spiro atoms. The highest BCUT2D eigenvalue weighted by Crippen LogP contribution is 2.29. The molecule has 8 heteroatoms. The van der Waals surface area contributed by atoms with E-state index in [9.17, 15) is 4.79 Å². The summed E-state index contributed by atoms with van der Waals surface area (Å²) in [5.41, 5.74) is 0.263. The maximum absolute atomic E-state index is 12.7. The van der Waals surface area contributed by atoms with Gasteiger partial charge in [-0.1, -0.05) is 28.9 Å². The summed E-state index contributed by atoms with van der Waals surface area (Å²) in [5, 5.41) is 10.7. The number of nitrogens with one attached hydrogen (secondary N) is 2. The molecule has 134 valence electrons. The van der Waals surface area contributed by atoms with Crippen LogP contribution in [0.5, 0.6) is 0 Å². The molecule has 1 saturated heterocycles. The Morgan fingerprint density at radius 3 is 2.96 bits per heavy atom. The minimum absolute atomic E-state index is 0.0432. The van der Waals surface area contributed by atoms with E-state index in [2.05, 4.69) is 20.8 Å². The monoisotopic (exact) mass is 364 g/mol. The van der Waals surface area contributed by atoms with Gasteiger partial charge in [0.25, 0.3) is 0 Å². The first-order valence-electron chi connectivity index (χ1n) is 8.19. The molecule has 2 aromatic rings. The van der Waals surface area contributed by atoms with Crippen LogP contribution in [0.25, 0.3) is 11.4 Å². The zero-order valence-corrected chi connectivity index (χ0v) is 14.8. The fourth-order valence-corrected chi connectivity index (χ4v) is 3.22. The summed E-state index contributed by atoms with van der Waals surface area (Å²) in [6.07, 6.45) is 1.48. The molecule has 0 atom stereocenters. The average molecular weight is 365 g/mol. The predicted molar refractivity (Wildman–Crippen MR) is 93.0 cm³/mol. The standard InChI is InChI=1S/C17H21ClN4O3/c1-24-11-17(5-7-19-8-6-17)16(23)20-10-14-21-15(22-25-14)12-3-2-4-13(18)9-12/h2-4,9,19H,5-8,10-11H2,1H3,(H,20,23). The number of amides is 1. The van der Waals surface area contributed by atoms with Gasteiger partial charge in [-0.3, -0.25) is 4.79 Å². The van der Waals surface area contributed by atoms with Crippen LogP contribution in [0.4, 0.5) is 0 Å². The van der Waals surface area contributed by atoms with Crippen LogP contribution < -0.4 is 10.6 Å². The predicted octanol–water partition coefficient (Wildman–Crippen LogP) is 2.02. The van der Waals surface area contributed by atoms with Crippen LogP contribution in [0.1, 0.15) is 18.7 Å². The molecule has 25 heavy (non-hydrogen) atoms. The lowest BCUT2D eigenvalue weighted by Crippen LogP contribution is -2.50. The van der Waals surface area contributed by atoms with Gasteiger partial charge in [-0.2, -0.15) is 4.98 Å². The Kier molecular flexibility index (Phi) is 5.67. The molecule has 3 rings (SSSR count). The molecule has 2 N–H and O–H groups in total. The van der Waals surface area contributed by atoms with E-state index in [4.69, 9.17) is 20.9 Å². The molecule has 1 aromatic heterocycles. The fourth-order valence-electron chi connectivity index (χ4n) is 3.03. The second-order valence-electron chi connectivity index (χ2n) is 6.17. The fraction of sp³-hybridized carbons (Fsp3) is 0.471. The largest absolute Gasteiger partial charge is 0.384 e. The molecule has 7 nitrogen and oxygen atoms in total. The van der Waals surface area contributed by atoms with Gasteiger partial charge in [0.2, 0.25) is 17.6 Å². The number of carbonyl (C=O) groups excluding carboxylic acids is 1. The molecular weight excluding hydrogens is 344 g/mol. The van der Waals surface area contributed by atoms with Crippen molar-refractivity contribution in [2.24, 2.45) is 5.41 Å². The normalized spacial score (nSPS) is 16.6. The summed E-state index contributed by atoms with van der Waals surface area (Å²) in [7, 11) is 1.62. The summed E-state index contributed by atoms with van der Waals surface area (Å²) in [6, 6.07) is 7.21. The van der Waals surface area contributed by atoms with Gasteiger partial charge in [0.05, 0.1) is 18.6 Å². The third-order valence-electron chi connectivity index (χ3n) is 4.41. The van der Waals surface area contributed by atoms with Crippen LogP contribution >= 0.6 is 11.6 Å². The number of nitrogens with zero attached hydrogens (tertiary/aromatic N) is 2. The topological polar surface area (TPSA) is 89.3 Å². The molecule has 0 radical (unpaired) electrons. The highest BCUT2D eigenvalue weighted by atomic mass is 35.5. The Balaban J connectivity index is 1.64. The number of rotatable bonds is 6. The minimum Gasteiger partial charge on any atom is -0.384 e. The quantitative estimate of drug-likeness (QED) is 0.815. The van der Waals surface area contributed by atoms with Gasteiger partial charge >= 0.3 is 0 Å². The number of methoxy groups -OCH3 is 1. The zero-order chi connectivity index (χ0) is 17.7. The van der Waals surface area contributed by atoms with Crippen LogP contribution in [0.15, 0.2) is 28.8 Å². The van der Waals surface area contributed by atoms with E-state index in [-0.39, 0.29) is 12.5 Å². The lowest BCUT2D eigenvalue weighted by atomic mass is 9.78. The highest BCUT2D eigenvalue weighted by Gasteiger charge is 2.39. The molecule has 1 amide bonds.